The molecule has 4 aromatic rings. The zero-order chi connectivity index (χ0) is 26.1. The fourth-order valence-corrected chi connectivity index (χ4v) is 4.56. The van der Waals surface area contributed by atoms with Gasteiger partial charge < -0.3 is 9.80 Å². The van der Waals surface area contributed by atoms with Crippen molar-refractivity contribution in [2.24, 2.45) is 14.1 Å². The summed E-state index contributed by atoms with van der Waals surface area (Å²) in [5.74, 6) is 0.115. The Labute approximate surface area is 212 Å². The topological polar surface area (TPSA) is 85.4 Å². The molecule has 2 aromatic carbocycles. The summed E-state index contributed by atoms with van der Waals surface area (Å²) in [6.07, 6.45) is 3.38. The van der Waals surface area contributed by atoms with Gasteiger partial charge in [0.05, 0.1) is 6.54 Å². The van der Waals surface area contributed by atoms with Crippen LogP contribution in [0.15, 0.2) is 70.3 Å². The van der Waals surface area contributed by atoms with Crippen LogP contribution in [0.3, 0.4) is 0 Å². The molecule has 10 heteroatoms. The van der Waals surface area contributed by atoms with Crippen molar-refractivity contribution in [3.05, 3.63) is 98.5 Å². The van der Waals surface area contributed by atoms with E-state index in [2.05, 4.69) is 0 Å². The predicted molar refractivity (Wildman–Crippen MR) is 140 cm³/mol. The van der Waals surface area contributed by atoms with E-state index in [1.54, 1.807) is 40.8 Å². The lowest BCUT2D eigenvalue weighted by atomic mass is 10.2. The smallest absolute Gasteiger partial charge is 0.332 e. The van der Waals surface area contributed by atoms with Crippen LogP contribution in [0.2, 0.25) is 0 Å². The first-order valence-electron chi connectivity index (χ1n) is 12.0. The molecule has 0 N–H and O–H groups in total. The van der Waals surface area contributed by atoms with E-state index in [1.165, 1.54) is 23.7 Å². The lowest BCUT2D eigenvalue weighted by Gasteiger charge is -2.35. The first kappa shape index (κ1) is 24.2. The van der Waals surface area contributed by atoms with Gasteiger partial charge in [-0.3, -0.25) is 23.3 Å². The summed E-state index contributed by atoms with van der Waals surface area (Å²) >= 11 is 0. The summed E-state index contributed by atoms with van der Waals surface area (Å²) in [5.41, 5.74) is 1.42. The number of carbonyl (C=O) groups is 1. The second-order valence-corrected chi connectivity index (χ2v) is 9.06. The van der Waals surface area contributed by atoms with Crippen molar-refractivity contribution in [1.29, 1.82) is 0 Å². The summed E-state index contributed by atoms with van der Waals surface area (Å²) in [7, 11) is 3.02. The largest absolute Gasteiger partial charge is 0.339 e. The van der Waals surface area contributed by atoms with Crippen molar-refractivity contribution in [1.82, 2.24) is 23.6 Å². The molecular weight excluding hydrogens is 475 g/mol. The number of carbonyl (C=O) groups excluding carboxylic acids is 1. The Kier molecular flexibility index (Phi) is 6.47. The molecule has 37 heavy (non-hydrogen) atoms. The second-order valence-electron chi connectivity index (χ2n) is 9.06. The third-order valence-corrected chi connectivity index (χ3v) is 6.67. The Morgan fingerprint density at radius 3 is 2.30 bits per heavy atom. The van der Waals surface area contributed by atoms with Gasteiger partial charge in [0.25, 0.3) is 5.56 Å². The summed E-state index contributed by atoms with van der Waals surface area (Å²) in [5, 5.41) is 0. The predicted octanol–water partition coefficient (Wildman–Crippen LogP) is 1.98. The standard InChI is InChI=1S/C27H27FN6O3/c1-30-24-23(25(36)31(2)27(30)37)34(18-20-8-11-21(28)12-9-20)26(29-24)33-16-14-32(15-17-33)22(35)13-10-19-6-4-3-5-7-19/h3-13H,14-18H2,1-2H3/b13-10+. The molecule has 0 aliphatic carbocycles. The highest BCUT2D eigenvalue weighted by Crippen LogP contribution is 2.23. The Morgan fingerprint density at radius 2 is 1.62 bits per heavy atom. The number of piperazine rings is 1. The van der Waals surface area contributed by atoms with Gasteiger partial charge in [0.2, 0.25) is 11.9 Å². The van der Waals surface area contributed by atoms with E-state index >= 15 is 0 Å². The maximum atomic E-state index is 13.5. The number of fused-ring (bicyclic) bond motifs is 1. The fourth-order valence-electron chi connectivity index (χ4n) is 4.56. The molecule has 1 amide bonds. The van der Waals surface area contributed by atoms with Crippen molar-refractivity contribution in [2.45, 2.75) is 6.54 Å². The second kappa shape index (κ2) is 9.88. The van der Waals surface area contributed by atoms with Crippen molar-refractivity contribution >= 4 is 29.1 Å². The number of amides is 1. The van der Waals surface area contributed by atoms with E-state index in [-0.39, 0.29) is 23.9 Å². The van der Waals surface area contributed by atoms with Gasteiger partial charge in [-0.1, -0.05) is 42.5 Å². The van der Waals surface area contributed by atoms with Crippen molar-refractivity contribution in [3.8, 4) is 0 Å². The molecule has 0 spiro atoms. The third-order valence-electron chi connectivity index (χ3n) is 6.67. The molecule has 3 heterocycles. The molecule has 5 rings (SSSR count). The molecule has 1 aliphatic heterocycles. The van der Waals surface area contributed by atoms with Gasteiger partial charge in [0, 0.05) is 46.4 Å². The number of halogens is 1. The van der Waals surface area contributed by atoms with Crippen LogP contribution in [0.25, 0.3) is 17.2 Å². The third kappa shape index (κ3) is 4.69. The average Bonchev–Trinajstić information content (AvgIpc) is 3.30. The van der Waals surface area contributed by atoms with Crippen LogP contribution in [0.4, 0.5) is 10.3 Å². The number of hydrogen-bond donors (Lipinski definition) is 0. The molecule has 0 atom stereocenters. The van der Waals surface area contributed by atoms with E-state index in [1.807, 2.05) is 35.2 Å². The number of benzene rings is 2. The van der Waals surface area contributed by atoms with E-state index in [0.29, 0.717) is 37.6 Å². The lowest BCUT2D eigenvalue weighted by molar-refractivity contribution is -0.126. The molecule has 9 nitrogen and oxygen atoms in total. The van der Waals surface area contributed by atoms with Crippen molar-refractivity contribution < 1.29 is 9.18 Å². The normalized spacial score (nSPS) is 14.1. The fraction of sp³-hybridized carbons (Fsp3) is 0.259. The summed E-state index contributed by atoms with van der Waals surface area (Å²) in [6, 6.07) is 15.7. The number of nitrogens with zero attached hydrogens (tertiary/aromatic N) is 6. The summed E-state index contributed by atoms with van der Waals surface area (Å²) in [6.45, 7) is 2.25. The quantitative estimate of drug-likeness (QED) is 0.390. The van der Waals surface area contributed by atoms with E-state index in [4.69, 9.17) is 4.98 Å². The van der Waals surface area contributed by atoms with E-state index in [0.717, 1.165) is 15.7 Å². The van der Waals surface area contributed by atoms with Gasteiger partial charge in [-0.25, -0.2) is 9.18 Å². The minimum absolute atomic E-state index is 0.0698. The number of imidazole rings is 1. The van der Waals surface area contributed by atoms with Crippen LogP contribution >= 0.6 is 0 Å². The Bertz CT molecular complexity index is 1590. The summed E-state index contributed by atoms with van der Waals surface area (Å²) < 4.78 is 17.7. The molecule has 1 saturated heterocycles. The maximum absolute atomic E-state index is 13.5. The van der Waals surface area contributed by atoms with Crippen LogP contribution in [-0.2, 0) is 25.4 Å². The first-order valence-corrected chi connectivity index (χ1v) is 12.0. The van der Waals surface area contributed by atoms with Crippen LogP contribution < -0.4 is 16.1 Å². The van der Waals surface area contributed by atoms with Crippen molar-refractivity contribution in [3.63, 3.8) is 0 Å². The molecule has 0 unspecified atom stereocenters. The van der Waals surface area contributed by atoms with Gasteiger partial charge in [-0.05, 0) is 29.3 Å². The van der Waals surface area contributed by atoms with E-state index in [9.17, 15) is 18.8 Å². The highest BCUT2D eigenvalue weighted by molar-refractivity contribution is 5.92. The van der Waals surface area contributed by atoms with Crippen molar-refractivity contribution in [2.75, 3.05) is 31.1 Å². The lowest BCUT2D eigenvalue weighted by Crippen LogP contribution is -2.49. The van der Waals surface area contributed by atoms with E-state index < -0.39 is 11.2 Å². The number of aromatic nitrogens is 4. The SMILES string of the molecule is Cn1c(=O)c2c(nc(N3CCN(C(=O)/C=C/c4ccccc4)CC3)n2Cc2ccc(F)cc2)n(C)c1=O. The monoisotopic (exact) mass is 502 g/mol. The van der Waals surface area contributed by atoms with Gasteiger partial charge >= 0.3 is 5.69 Å². The molecule has 0 bridgehead atoms. The maximum Gasteiger partial charge on any atom is 0.332 e. The van der Waals surface area contributed by atoms with Crippen LogP contribution in [0, 0.1) is 5.82 Å². The molecule has 1 aliphatic rings. The molecule has 0 saturated carbocycles. The number of anilines is 1. The molecular formula is C27H27FN6O3. The highest BCUT2D eigenvalue weighted by atomic mass is 19.1. The number of rotatable bonds is 5. The zero-order valence-corrected chi connectivity index (χ0v) is 20.7. The Morgan fingerprint density at radius 1 is 0.946 bits per heavy atom. The molecule has 0 radical (unpaired) electrons. The van der Waals surface area contributed by atoms with Crippen LogP contribution in [0.5, 0.6) is 0 Å². The molecule has 2 aromatic heterocycles. The van der Waals surface area contributed by atoms with Gasteiger partial charge in [0.1, 0.15) is 5.82 Å². The zero-order valence-electron chi connectivity index (χ0n) is 20.7. The van der Waals surface area contributed by atoms with Gasteiger partial charge in [-0.15, -0.1) is 0 Å². The summed E-state index contributed by atoms with van der Waals surface area (Å²) in [4.78, 5) is 46.9. The van der Waals surface area contributed by atoms with Crippen LogP contribution in [0.1, 0.15) is 11.1 Å². The Balaban J connectivity index is 1.45. The molecule has 190 valence electrons. The van der Waals surface area contributed by atoms with Crippen LogP contribution in [-0.4, -0.2) is 55.7 Å². The Hall–Kier alpha value is -4.47. The minimum Gasteiger partial charge on any atom is -0.339 e. The minimum atomic E-state index is -0.462. The number of hydrogen-bond acceptors (Lipinski definition) is 5. The molecule has 1 fully saturated rings. The van der Waals surface area contributed by atoms with Gasteiger partial charge in [-0.2, -0.15) is 4.98 Å². The number of aryl methyl sites for hydroxylation is 1. The average molecular weight is 503 g/mol. The first-order chi connectivity index (χ1) is 17.8. The van der Waals surface area contributed by atoms with Gasteiger partial charge in [0.15, 0.2) is 11.2 Å². The highest BCUT2D eigenvalue weighted by Gasteiger charge is 2.26.